The van der Waals surface area contributed by atoms with Crippen molar-refractivity contribution in [2.75, 3.05) is 0 Å². The summed E-state index contributed by atoms with van der Waals surface area (Å²) in [5.74, 6) is 1.81. The van der Waals surface area contributed by atoms with Gasteiger partial charge in [0.2, 0.25) is 5.95 Å². The van der Waals surface area contributed by atoms with Gasteiger partial charge in [-0.25, -0.2) is 9.97 Å². The molecular formula is C56H36N6. The highest BCUT2D eigenvalue weighted by Crippen LogP contribution is 2.43. The number of benzene rings is 8. The predicted molar refractivity (Wildman–Crippen MR) is 253 cm³/mol. The zero-order valence-electron chi connectivity index (χ0n) is 33.5. The Labute approximate surface area is 357 Å². The Hall–Kier alpha value is -8.48. The quantitative estimate of drug-likeness (QED) is 0.161. The monoisotopic (exact) mass is 792 g/mol. The molecule has 0 unspecified atom stereocenters. The zero-order chi connectivity index (χ0) is 41.0. The summed E-state index contributed by atoms with van der Waals surface area (Å²) in [6.45, 7) is 0. The van der Waals surface area contributed by atoms with Gasteiger partial charge >= 0.3 is 0 Å². The van der Waals surface area contributed by atoms with Gasteiger partial charge in [0.25, 0.3) is 0 Å². The standard InChI is InChI=1S/C56H36N6/c1-4-18-37(19-5-1)40-24-16-25-41(36-40)45-29-17-30-46(57-45)42-26-10-13-31-47(42)61-48-32-14-11-27-43(48)52-50(61)34-35-51-53(52)44-28-12-15-33-49(44)62(51)56-59-54(38-20-6-2-7-21-38)58-55(60-56)39-22-8-3-9-23-39/h1-36H. The van der Waals surface area contributed by atoms with Crippen LogP contribution in [-0.4, -0.2) is 29.1 Å². The van der Waals surface area contributed by atoms with Crippen LogP contribution in [0.5, 0.6) is 0 Å². The minimum absolute atomic E-state index is 0.567. The van der Waals surface area contributed by atoms with Gasteiger partial charge in [-0.3, -0.25) is 4.57 Å². The van der Waals surface area contributed by atoms with Gasteiger partial charge in [-0.1, -0.05) is 170 Å². The van der Waals surface area contributed by atoms with Crippen molar-refractivity contribution in [2.45, 2.75) is 0 Å². The topological polar surface area (TPSA) is 61.4 Å². The first kappa shape index (κ1) is 35.5. The Bertz CT molecular complexity index is 3570. The van der Waals surface area contributed by atoms with Gasteiger partial charge in [-0.05, 0) is 59.7 Å². The predicted octanol–water partition coefficient (Wildman–Crippen LogP) is 13.8. The van der Waals surface area contributed by atoms with Crippen LogP contribution >= 0.6 is 0 Å². The van der Waals surface area contributed by atoms with Gasteiger partial charge < -0.3 is 4.57 Å². The number of hydrogen-bond donors (Lipinski definition) is 0. The molecule has 6 nitrogen and oxygen atoms in total. The highest BCUT2D eigenvalue weighted by atomic mass is 15.2. The van der Waals surface area contributed by atoms with Crippen molar-refractivity contribution in [3.05, 3.63) is 218 Å². The highest BCUT2D eigenvalue weighted by molar-refractivity contribution is 6.29. The van der Waals surface area contributed by atoms with E-state index in [0.29, 0.717) is 17.6 Å². The van der Waals surface area contributed by atoms with Gasteiger partial charge in [-0.2, -0.15) is 9.97 Å². The molecular weight excluding hydrogens is 757 g/mol. The highest BCUT2D eigenvalue weighted by Gasteiger charge is 2.23. The molecule has 0 saturated heterocycles. The zero-order valence-corrected chi connectivity index (χ0v) is 33.5. The van der Waals surface area contributed by atoms with Crippen LogP contribution < -0.4 is 0 Å². The number of hydrogen-bond acceptors (Lipinski definition) is 4. The number of pyridine rings is 1. The van der Waals surface area contributed by atoms with Crippen molar-refractivity contribution in [1.82, 2.24) is 29.1 Å². The molecule has 0 amide bonds. The Morgan fingerprint density at radius 1 is 0.290 bits per heavy atom. The molecule has 8 aromatic carbocycles. The van der Waals surface area contributed by atoms with Crippen LogP contribution in [0.3, 0.4) is 0 Å². The maximum absolute atomic E-state index is 5.33. The van der Waals surface area contributed by atoms with Crippen molar-refractivity contribution in [2.24, 2.45) is 0 Å². The van der Waals surface area contributed by atoms with E-state index in [4.69, 9.17) is 19.9 Å². The van der Waals surface area contributed by atoms with E-state index in [-0.39, 0.29) is 0 Å². The SMILES string of the molecule is c1ccc(-c2cccc(-c3cccc(-c4ccccc4-n4c5ccccc5c5c6c7ccccc7n(-c7nc(-c8ccccc8)nc(-c8ccccc8)n7)c6ccc54)n3)c2)cc1. The molecule has 0 spiro atoms. The lowest BCUT2D eigenvalue weighted by Crippen LogP contribution is -2.06. The number of nitrogens with zero attached hydrogens (tertiary/aromatic N) is 6. The van der Waals surface area contributed by atoms with Crippen LogP contribution in [0.25, 0.3) is 112 Å². The molecule has 62 heavy (non-hydrogen) atoms. The van der Waals surface area contributed by atoms with Gasteiger partial charge in [0, 0.05) is 43.8 Å². The van der Waals surface area contributed by atoms with Crippen molar-refractivity contribution in [3.63, 3.8) is 0 Å². The Balaban J connectivity index is 1.07. The van der Waals surface area contributed by atoms with Gasteiger partial charge in [0.15, 0.2) is 11.6 Å². The minimum atomic E-state index is 0.567. The molecule has 0 N–H and O–H groups in total. The molecule has 12 aromatic rings. The summed E-state index contributed by atoms with van der Waals surface area (Å²) in [6, 6.07) is 76.1. The summed E-state index contributed by atoms with van der Waals surface area (Å²) in [5, 5.41) is 4.60. The second-order valence-corrected chi connectivity index (χ2v) is 15.4. The number of rotatable bonds is 7. The van der Waals surface area contributed by atoms with E-state index in [0.717, 1.165) is 83.1 Å². The van der Waals surface area contributed by atoms with E-state index in [1.165, 1.54) is 10.9 Å². The number of para-hydroxylation sites is 3. The summed E-state index contributed by atoms with van der Waals surface area (Å²) in [4.78, 5) is 20.7. The van der Waals surface area contributed by atoms with E-state index in [1.54, 1.807) is 0 Å². The second kappa shape index (κ2) is 14.7. The van der Waals surface area contributed by atoms with Gasteiger partial charge in [0.1, 0.15) is 0 Å². The number of aromatic nitrogens is 6. The van der Waals surface area contributed by atoms with Crippen LogP contribution in [0.15, 0.2) is 218 Å². The fourth-order valence-electron chi connectivity index (χ4n) is 9.01. The van der Waals surface area contributed by atoms with Crippen molar-refractivity contribution >= 4 is 43.6 Å². The molecule has 0 aliphatic heterocycles. The lowest BCUT2D eigenvalue weighted by molar-refractivity contribution is 0.953. The Morgan fingerprint density at radius 2 is 0.774 bits per heavy atom. The second-order valence-electron chi connectivity index (χ2n) is 15.4. The van der Waals surface area contributed by atoms with Gasteiger partial charge in [-0.15, -0.1) is 0 Å². The molecule has 0 atom stereocenters. The molecule has 290 valence electrons. The van der Waals surface area contributed by atoms with Crippen LogP contribution in [0.4, 0.5) is 0 Å². The van der Waals surface area contributed by atoms with Crippen molar-refractivity contribution in [3.8, 4) is 68.1 Å². The Kier molecular flexibility index (Phi) is 8.38. The molecule has 12 rings (SSSR count). The van der Waals surface area contributed by atoms with Crippen LogP contribution in [0.2, 0.25) is 0 Å². The van der Waals surface area contributed by atoms with E-state index < -0.39 is 0 Å². The van der Waals surface area contributed by atoms with Crippen molar-refractivity contribution in [1.29, 1.82) is 0 Å². The lowest BCUT2D eigenvalue weighted by Gasteiger charge is -2.14. The van der Waals surface area contributed by atoms with Crippen LogP contribution in [-0.2, 0) is 0 Å². The summed E-state index contributed by atoms with van der Waals surface area (Å²) in [6.07, 6.45) is 0. The average Bonchev–Trinajstić information content (AvgIpc) is 3.88. The molecule has 0 fully saturated rings. The van der Waals surface area contributed by atoms with Crippen LogP contribution in [0, 0.1) is 0 Å². The first-order valence-corrected chi connectivity index (χ1v) is 20.8. The summed E-state index contributed by atoms with van der Waals surface area (Å²) in [7, 11) is 0. The molecule has 4 heterocycles. The fourth-order valence-corrected chi connectivity index (χ4v) is 9.01. The normalized spacial score (nSPS) is 11.5. The molecule has 0 aliphatic rings. The third kappa shape index (κ3) is 5.88. The van der Waals surface area contributed by atoms with Gasteiger partial charge in [0.05, 0.1) is 39.1 Å². The average molecular weight is 793 g/mol. The third-order valence-electron chi connectivity index (χ3n) is 11.8. The molecule has 0 radical (unpaired) electrons. The molecule has 4 aromatic heterocycles. The summed E-state index contributed by atoms with van der Waals surface area (Å²) < 4.78 is 4.60. The largest absolute Gasteiger partial charge is 0.309 e. The summed E-state index contributed by atoms with van der Waals surface area (Å²) in [5.41, 5.74) is 13.5. The van der Waals surface area contributed by atoms with E-state index in [9.17, 15) is 0 Å². The third-order valence-corrected chi connectivity index (χ3v) is 11.8. The van der Waals surface area contributed by atoms with E-state index in [2.05, 4.69) is 161 Å². The smallest absolute Gasteiger partial charge is 0.238 e. The first-order chi connectivity index (χ1) is 30.8. The fraction of sp³-hybridized carbons (Fsp3) is 0. The molecule has 0 aliphatic carbocycles. The van der Waals surface area contributed by atoms with E-state index in [1.807, 2.05) is 66.7 Å². The van der Waals surface area contributed by atoms with Crippen molar-refractivity contribution < 1.29 is 0 Å². The van der Waals surface area contributed by atoms with Crippen LogP contribution in [0.1, 0.15) is 0 Å². The lowest BCUT2D eigenvalue weighted by atomic mass is 10.0. The maximum Gasteiger partial charge on any atom is 0.238 e. The maximum atomic E-state index is 5.33. The molecule has 6 heteroatoms. The summed E-state index contributed by atoms with van der Waals surface area (Å²) >= 11 is 0. The first-order valence-electron chi connectivity index (χ1n) is 20.8. The van der Waals surface area contributed by atoms with E-state index >= 15 is 0 Å². The molecule has 0 bridgehead atoms. The minimum Gasteiger partial charge on any atom is -0.309 e. The molecule has 0 saturated carbocycles. The number of fused-ring (bicyclic) bond motifs is 7. The Morgan fingerprint density at radius 3 is 1.44 bits per heavy atom.